The number of nitrogens with one attached hydrogen (secondary N) is 1. The van der Waals surface area contributed by atoms with Gasteiger partial charge in [-0.15, -0.1) is 0 Å². The maximum Gasteiger partial charge on any atom is 0.0438 e. The quantitative estimate of drug-likeness (QED) is 0.722. The largest absolute Gasteiger partial charge is 0.396 e. The van der Waals surface area contributed by atoms with Crippen molar-refractivity contribution in [3.05, 3.63) is 28.5 Å². The number of aliphatic hydroxyl groups is 1. The number of thioether (sulfide) groups is 1. The van der Waals surface area contributed by atoms with E-state index in [1.165, 1.54) is 5.56 Å². The van der Waals surface area contributed by atoms with Crippen LogP contribution < -0.4 is 5.32 Å². The van der Waals surface area contributed by atoms with Crippen LogP contribution in [0.5, 0.6) is 0 Å². The maximum atomic E-state index is 8.60. The molecule has 0 bridgehead atoms. The van der Waals surface area contributed by atoms with Crippen molar-refractivity contribution in [1.82, 2.24) is 10.3 Å². The Morgan fingerprint density at radius 2 is 2.25 bits per heavy atom. The smallest absolute Gasteiger partial charge is 0.0438 e. The number of rotatable bonds is 8. The van der Waals surface area contributed by atoms with E-state index in [0.29, 0.717) is 6.61 Å². The normalized spacial score (nSPS) is 10.6. The SMILES string of the molecule is OCCCSCCNCc1cncc(Br)c1. The Bertz CT molecular complexity index is 299. The molecule has 0 saturated heterocycles. The molecule has 0 aliphatic rings. The van der Waals surface area contributed by atoms with Crippen LogP contribution in [0.3, 0.4) is 0 Å². The summed E-state index contributed by atoms with van der Waals surface area (Å²) in [6, 6.07) is 2.07. The molecule has 0 amide bonds. The minimum Gasteiger partial charge on any atom is -0.396 e. The van der Waals surface area contributed by atoms with Crippen molar-refractivity contribution >= 4 is 27.7 Å². The van der Waals surface area contributed by atoms with Crippen LogP contribution in [0, 0.1) is 0 Å². The number of aliphatic hydroxyl groups excluding tert-OH is 1. The Balaban J connectivity index is 2.03. The van der Waals surface area contributed by atoms with Gasteiger partial charge in [-0.05, 0) is 39.7 Å². The molecule has 1 heterocycles. The van der Waals surface area contributed by atoms with Crippen LogP contribution in [0.25, 0.3) is 0 Å². The lowest BCUT2D eigenvalue weighted by Gasteiger charge is -2.04. The van der Waals surface area contributed by atoms with Crippen LogP contribution in [-0.4, -0.2) is 34.7 Å². The average molecular weight is 305 g/mol. The second-order valence-electron chi connectivity index (χ2n) is 3.38. The highest BCUT2D eigenvalue weighted by atomic mass is 79.9. The third-order valence-electron chi connectivity index (χ3n) is 1.96. The molecule has 90 valence electrons. The molecule has 1 rings (SSSR count). The number of nitrogens with zero attached hydrogens (tertiary/aromatic N) is 1. The van der Waals surface area contributed by atoms with Crippen molar-refractivity contribution in [2.45, 2.75) is 13.0 Å². The van der Waals surface area contributed by atoms with Crippen molar-refractivity contribution in [2.24, 2.45) is 0 Å². The first-order valence-corrected chi connectivity index (χ1v) is 7.26. The zero-order valence-electron chi connectivity index (χ0n) is 9.16. The van der Waals surface area contributed by atoms with Gasteiger partial charge >= 0.3 is 0 Å². The first kappa shape index (κ1) is 14.0. The molecule has 0 aromatic carbocycles. The topological polar surface area (TPSA) is 45.1 Å². The summed E-state index contributed by atoms with van der Waals surface area (Å²) in [7, 11) is 0. The molecular formula is C11H17BrN2OS. The Labute approximate surface area is 109 Å². The lowest BCUT2D eigenvalue weighted by atomic mass is 10.3. The van der Waals surface area contributed by atoms with E-state index in [0.717, 1.165) is 35.5 Å². The maximum absolute atomic E-state index is 8.60. The van der Waals surface area contributed by atoms with Crippen LogP contribution in [0.2, 0.25) is 0 Å². The van der Waals surface area contributed by atoms with Gasteiger partial charge in [0.25, 0.3) is 0 Å². The second-order valence-corrected chi connectivity index (χ2v) is 5.52. The van der Waals surface area contributed by atoms with Gasteiger partial charge < -0.3 is 10.4 Å². The molecule has 16 heavy (non-hydrogen) atoms. The monoisotopic (exact) mass is 304 g/mol. The lowest BCUT2D eigenvalue weighted by Crippen LogP contribution is -2.16. The van der Waals surface area contributed by atoms with Crippen molar-refractivity contribution < 1.29 is 5.11 Å². The Morgan fingerprint density at radius 1 is 1.38 bits per heavy atom. The molecule has 0 radical (unpaired) electrons. The van der Waals surface area contributed by atoms with E-state index in [1.807, 2.05) is 18.0 Å². The van der Waals surface area contributed by atoms with Gasteiger partial charge in [0.05, 0.1) is 0 Å². The summed E-state index contributed by atoms with van der Waals surface area (Å²) in [4.78, 5) is 4.10. The van der Waals surface area contributed by atoms with E-state index in [2.05, 4.69) is 32.3 Å². The van der Waals surface area contributed by atoms with Gasteiger partial charge in [-0.1, -0.05) is 0 Å². The molecule has 0 spiro atoms. The minimum atomic E-state index is 0.296. The van der Waals surface area contributed by atoms with Crippen molar-refractivity contribution in [3.8, 4) is 0 Å². The molecule has 3 nitrogen and oxygen atoms in total. The van der Waals surface area contributed by atoms with Gasteiger partial charge in [0.1, 0.15) is 0 Å². The zero-order chi connectivity index (χ0) is 11.6. The fourth-order valence-electron chi connectivity index (χ4n) is 1.20. The average Bonchev–Trinajstić information content (AvgIpc) is 2.28. The summed E-state index contributed by atoms with van der Waals surface area (Å²) in [5.41, 5.74) is 1.19. The van der Waals surface area contributed by atoms with E-state index in [9.17, 15) is 0 Å². The molecule has 0 fully saturated rings. The second kappa shape index (κ2) is 8.98. The van der Waals surface area contributed by atoms with E-state index < -0.39 is 0 Å². The van der Waals surface area contributed by atoms with Crippen LogP contribution in [0.1, 0.15) is 12.0 Å². The molecular weight excluding hydrogens is 288 g/mol. The number of hydrogen-bond donors (Lipinski definition) is 2. The highest BCUT2D eigenvalue weighted by Gasteiger charge is 1.94. The number of aromatic nitrogens is 1. The van der Waals surface area contributed by atoms with E-state index in [4.69, 9.17) is 5.11 Å². The molecule has 0 unspecified atom stereocenters. The summed E-state index contributed by atoms with van der Waals surface area (Å²) >= 11 is 5.26. The predicted octanol–water partition coefficient (Wildman–Crippen LogP) is 2.05. The van der Waals surface area contributed by atoms with E-state index in [1.54, 1.807) is 6.20 Å². The zero-order valence-corrected chi connectivity index (χ0v) is 11.6. The summed E-state index contributed by atoms with van der Waals surface area (Å²) in [5, 5.41) is 12.0. The first-order valence-electron chi connectivity index (χ1n) is 5.31. The summed E-state index contributed by atoms with van der Waals surface area (Å²) in [6.45, 7) is 2.14. The van der Waals surface area contributed by atoms with Gasteiger partial charge in [-0.25, -0.2) is 0 Å². The van der Waals surface area contributed by atoms with Gasteiger partial charge in [0.15, 0.2) is 0 Å². The molecule has 5 heteroatoms. The Hall–Kier alpha value is -0.100. The summed E-state index contributed by atoms with van der Waals surface area (Å²) in [5.74, 6) is 2.12. The molecule has 1 aromatic rings. The fraction of sp³-hybridized carbons (Fsp3) is 0.545. The third kappa shape index (κ3) is 6.48. The van der Waals surface area contributed by atoms with Crippen LogP contribution >= 0.6 is 27.7 Å². The van der Waals surface area contributed by atoms with Crippen molar-refractivity contribution in [3.63, 3.8) is 0 Å². The van der Waals surface area contributed by atoms with Crippen molar-refractivity contribution in [1.29, 1.82) is 0 Å². The van der Waals surface area contributed by atoms with Crippen LogP contribution in [0.15, 0.2) is 22.9 Å². The molecule has 0 aliphatic carbocycles. The van der Waals surface area contributed by atoms with Crippen molar-refractivity contribution in [2.75, 3.05) is 24.7 Å². The van der Waals surface area contributed by atoms with Gasteiger partial charge in [-0.3, -0.25) is 4.98 Å². The molecule has 0 atom stereocenters. The fourth-order valence-corrected chi connectivity index (χ4v) is 2.44. The van der Waals surface area contributed by atoms with E-state index in [-0.39, 0.29) is 0 Å². The van der Waals surface area contributed by atoms with Crippen LogP contribution in [-0.2, 0) is 6.54 Å². The van der Waals surface area contributed by atoms with Gasteiger partial charge in [0, 0.05) is 42.3 Å². The summed E-state index contributed by atoms with van der Waals surface area (Å²) in [6.07, 6.45) is 4.55. The van der Waals surface area contributed by atoms with Gasteiger partial charge in [-0.2, -0.15) is 11.8 Å². The Morgan fingerprint density at radius 3 is 3.00 bits per heavy atom. The highest BCUT2D eigenvalue weighted by molar-refractivity contribution is 9.10. The molecule has 0 aliphatic heterocycles. The summed E-state index contributed by atoms with van der Waals surface area (Å²) < 4.78 is 1.02. The number of pyridine rings is 1. The number of hydrogen-bond acceptors (Lipinski definition) is 4. The Kier molecular flexibility index (Phi) is 7.84. The molecule has 1 aromatic heterocycles. The first-order chi connectivity index (χ1) is 7.83. The lowest BCUT2D eigenvalue weighted by molar-refractivity contribution is 0.296. The third-order valence-corrected chi connectivity index (χ3v) is 3.46. The molecule has 2 N–H and O–H groups in total. The number of halogens is 1. The molecule has 0 saturated carbocycles. The minimum absolute atomic E-state index is 0.296. The highest BCUT2D eigenvalue weighted by Crippen LogP contribution is 2.09. The van der Waals surface area contributed by atoms with Gasteiger partial charge in [0.2, 0.25) is 0 Å². The van der Waals surface area contributed by atoms with E-state index >= 15 is 0 Å². The standard InChI is InChI=1S/C11H17BrN2OS/c12-11-6-10(8-14-9-11)7-13-2-5-16-4-1-3-15/h6,8-9,13,15H,1-5,7H2. The van der Waals surface area contributed by atoms with Crippen LogP contribution in [0.4, 0.5) is 0 Å². The predicted molar refractivity (Wildman–Crippen MR) is 72.7 cm³/mol.